The first kappa shape index (κ1) is 12.4. The molecule has 0 aliphatic heterocycles. The second-order valence-corrected chi connectivity index (χ2v) is 5.22. The summed E-state index contributed by atoms with van der Waals surface area (Å²) in [4.78, 5) is 2.48. The Labute approximate surface area is 105 Å². The molecule has 1 aliphatic rings. The van der Waals surface area contributed by atoms with Gasteiger partial charge in [0.05, 0.1) is 0 Å². The van der Waals surface area contributed by atoms with Gasteiger partial charge in [-0.3, -0.25) is 0 Å². The third kappa shape index (κ3) is 3.01. The minimum atomic E-state index is 0.130. The fraction of sp³-hybridized carbons (Fsp3) is 0.600. The van der Waals surface area contributed by atoms with Crippen LogP contribution in [0.3, 0.4) is 0 Å². The number of anilines is 1. The highest BCUT2D eigenvalue weighted by Crippen LogP contribution is 2.29. The zero-order valence-corrected chi connectivity index (χ0v) is 11.0. The van der Waals surface area contributed by atoms with Crippen molar-refractivity contribution in [2.75, 3.05) is 18.0 Å². The van der Waals surface area contributed by atoms with Gasteiger partial charge in [0.2, 0.25) is 0 Å². The predicted molar refractivity (Wildman–Crippen MR) is 74.3 cm³/mol. The summed E-state index contributed by atoms with van der Waals surface area (Å²) in [6, 6.07) is 8.86. The first-order valence-electron chi connectivity index (χ1n) is 6.81. The van der Waals surface area contributed by atoms with Gasteiger partial charge in [0.1, 0.15) is 0 Å². The summed E-state index contributed by atoms with van der Waals surface area (Å²) in [6.45, 7) is 6.57. The van der Waals surface area contributed by atoms with Gasteiger partial charge in [-0.2, -0.15) is 0 Å². The molecule has 0 bridgehead atoms. The topological polar surface area (TPSA) is 29.3 Å². The molecule has 1 aromatic rings. The Morgan fingerprint density at radius 2 is 1.94 bits per heavy atom. The molecule has 0 spiro atoms. The summed E-state index contributed by atoms with van der Waals surface area (Å²) >= 11 is 0. The lowest BCUT2D eigenvalue weighted by Crippen LogP contribution is -2.32. The number of nitrogens with zero attached hydrogens (tertiary/aromatic N) is 1. The van der Waals surface area contributed by atoms with Gasteiger partial charge < -0.3 is 10.6 Å². The molecule has 1 aliphatic carbocycles. The molecule has 0 radical (unpaired) electrons. The minimum Gasteiger partial charge on any atom is -0.372 e. The molecule has 2 nitrogen and oxygen atoms in total. The molecule has 0 amide bonds. The number of hydrogen-bond acceptors (Lipinski definition) is 2. The van der Waals surface area contributed by atoms with Gasteiger partial charge in [-0.25, -0.2) is 0 Å². The maximum atomic E-state index is 5.87. The molecule has 2 rings (SSSR count). The van der Waals surface area contributed by atoms with Crippen molar-refractivity contribution in [2.45, 2.75) is 39.2 Å². The van der Waals surface area contributed by atoms with E-state index in [2.05, 4.69) is 36.1 Å². The highest BCUT2D eigenvalue weighted by atomic mass is 15.1. The molecule has 17 heavy (non-hydrogen) atoms. The SMILES string of the molecule is CCN(CC1CCC1)c1ccc([C@H](C)N)cc1. The van der Waals surface area contributed by atoms with Gasteiger partial charge in [0, 0.05) is 24.8 Å². The first-order chi connectivity index (χ1) is 8.20. The molecule has 0 unspecified atom stereocenters. The Morgan fingerprint density at radius 1 is 1.29 bits per heavy atom. The maximum absolute atomic E-state index is 5.87. The first-order valence-corrected chi connectivity index (χ1v) is 6.81. The van der Waals surface area contributed by atoms with E-state index in [-0.39, 0.29) is 6.04 Å². The molecule has 1 aromatic carbocycles. The molecule has 2 N–H and O–H groups in total. The molecular formula is C15H24N2. The van der Waals surface area contributed by atoms with Crippen LogP contribution in [0.5, 0.6) is 0 Å². The number of benzene rings is 1. The normalized spacial score (nSPS) is 17.6. The van der Waals surface area contributed by atoms with Crippen LogP contribution in [-0.2, 0) is 0 Å². The average molecular weight is 232 g/mol. The summed E-state index contributed by atoms with van der Waals surface area (Å²) in [6.07, 6.45) is 4.24. The number of nitrogens with two attached hydrogens (primary N) is 1. The Balaban J connectivity index is 2.02. The third-order valence-electron chi connectivity index (χ3n) is 3.87. The van der Waals surface area contributed by atoms with Crippen LogP contribution in [0.15, 0.2) is 24.3 Å². The van der Waals surface area contributed by atoms with Gasteiger partial charge in [-0.15, -0.1) is 0 Å². The smallest absolute Gasteiger partial charge is 0.0366 e. The molecule has 0 aromatic heterocycles. The molecule has 1 atom stereocenters. The molecule has 2 heteroatoms. The van der Waals surface area contributed by atoms with E-state index in [9.17, 15) is 0 Å². The summed E-state index contributed by atoms with van der Waals surface area (Å²) in [5.41, 5.74) is 8.42. The van der Waals surface area contributed by atoms with Crippen molar-refractivity contribution < 1.29 is 0 Å². The van der Waals surface area contributed by atoms with Crippen molar-refractivity contribution in [1.82, 2.24) is 0 Å². The second-order valence-electron chi connectivity index (χ2n) is 5.22. The summed E-state index contributed by atoms with van der Waals surface area (Å²) in [5, 5.41) is 0. The fourth-order valence-corrected chi connectivity index (χ4v) is 2.39. The van der Waals surface area contributed by atoms with Crippen molar-refractivity contribution in [2.24, 2.45) is 11.7 Å². The monoisotopic (exact) mass is 232 g/mol. The Kier molecular flexibility index (Phi) is 4.06. The van der Waals surface area contributed by atoms with Crippen molar-refractivity contribution in [3.05, 3.63) is 29.8 Å². The van der Waals surface area contributed by atoms with Crippen LogP contribution >= 0.6 is 0 Å². The average Bonchev–Trinajstić information content (AvgIpc) is 2.28. The molecule has 0 saturated heterocycles. The molecule has 94 valence electrons. The van der Waals surface area contributed by atoms with E-state index < -0.39 is 0 Å². The van der Waals surface area contributed by atoms with Crippen molar-refractivity contribution in [1.29, 1.82) is 0 Å². The van der Waals surface area contributed by atoms with Gasteiger partial charge >= 0.3 is 0 Å². The van der Waals surface area contributed by atoms with E-state index in [4.69, 9.17) is 5.73 Å². The van der Waals surface area contributed by atoms with E-state index in [0.717, 1.165) is 12.5 Å². The zero-order valence-electron chi connectivity index (χ0n) is 11.0. The quantitative estimate of drug-likeness (QED) is 0.843. The number of hydrogen-bond donors (Lipinski definition) is 1. The van der Waals surface area contributed by atoms with E-state index in [0.29, 0.717) is 0 Å². The van der Waals surface area contributed by atoms with Crippen LogP contribution in [0, 0.1) is 5.92 Å². The Morgan fingerprint density at radius 3 is 2.35 bits per heavy atom. The highest BCUT2D eigenvalue weighted by Gasteiger charge is 2.20. The maximum Gasteiger partial charge on any atom is 0.0366 e. The van der Waals surface area contributed by atoms with Crippen LogP contribution in [0.1, 0.15) is 44.7 Å². The van der Waals surface area contributed by atoms with Gasteiger partial charge in [-0.1, -0.05) is 18.6 Å². The fourth-order valence-electron chi connectivity index (χ4n) is 2.39. The lowest BCUT2D eigenvalue weighted by molar-refractivity contribution is 0.318. The standard InChI is InChI=1S/C15H24N2/c1-3-17(11-13-5-4-6-13)15-9-7-14(8-10-15)12(2)16/h7-10,12-13H,3-6,11,16H2,1-2H3/t12-/m0/s1. The third-order valence-corrected chi connectivity index (χ3v) is 3.87. The van der Waals surface area contributed by atoms with Crippen LogP contribution < -0.4 is 10.6 Å². The van der Waals surface area contributed by atoms with Crippen LogP contribution in [0.25, 0.3) is 0 Å². The van der Waals surface area contributed by atoms with Crippen molar-refractivity contribution in [3.63, 3.8) is 0 Å². The van der Waals surface area contributed by atoms with E-state index in [1.165, 1.54) is 37.1 Å². The number of rotatable bonds is 5. The Hall–Kier alpha value is -1.02. The molecular weight excluding hydrogens is 208 g/mol. The largest absolute Gasteiger partial charge is 0.372 e. The van der Waals surface area contributed by atoms with E-state index in [1.54, 1.807) is 0 Å². The molecule has 0 heterocycles. The van der Waals surface area contributed by atoms with Gasteiger partial charge in [-0.05, 0) is 50.3 Å². The van der Waals surface area contributed by atoms with Crippen LogP contribution in [0.2, 0.25) is 0 Å². The summed E-state index contributed by atoms with van der Waals surface area (Å²) in [7, 11) is 0. The van der Waals surface area contributed by atoms with E-state index in [1.807, 2.05) is 6.92 Å². The summed E-state index contributed by atoms with van der Waals surface area (Å²) < 4.78 is 0. The minimum absolute atomic E-state index is 0.130. The van der Waals surface area contributed by atoms with Crippen molar-refractivity contribution >= 4 is 5.69 Å². The van der Waals surface area contributed by atoms with Crippen LogP contribution in [-0.4, -0.2) is 13.1 Å². The molecule has 1 fully saturated rings. The Bertz CT molecular complexity index is 338. The van der Waals surface area contributed by atoms with E-state index >= 15 is 0 Å². The highest BCUT2D eigenvalue weighted by molar-refractivity contribution is 5.48. The lowest BCUT2D eigenvalue weighted by atomic mass is 9.85. The zero-order chi connectivity index (χ0) is 12.3. The van der Waals surface area contributed by atoms with Gasteiger partial charge in [0.25, 0.3) is 0 Å². The lowest BCUT2D eigenvalue weighted by Gasteiger charge is -2.33. The van der Waals surface area contributed by atoms with Gasteiger partial charge in [0.15, 0.2) is 0 Å². The molecule has 1 saturated carbocycles. The van der Waals surface area contributed by atoms with Crippen molar-refractivity contribution in [3.8, 4) is 0 Å². The van der Waals surface area contributed by atoms with Crippen LogP contribution in [0.4, 0.5) is 5.69 Å². The second kappa shape index (κ2) is 5.54. The summed E-state index contributed by atoms with van der Waals surface area (Å²) in [5.74, 6) is 0.919. The predicted octanol–water partition coefficient (Wildman–Crippen LogP) is 3.33.